The lowest BCUT2D eigenvalue weighted by Gasteiger charge is -2.73. The van der Waals surface area contributed by atoms with Gasteiger partial charge in [0.25, 0.3) is 0 Å². The Labute approximate surface area is 277 Å². The average Bonchev–Trinajstić information content (AvgIpc) is 3.43. The Kier molecular flexibility index (Phi) is 8.59. The molecule has 6 heteroatoms. The minimum Gasteiger partial charge on any atom is -0.458 e. The van der Waals surface area contributed by atoms with E-state index in [1.807, 2.05) is 30.3 Å². The number of hydrogen-bond acceptors (Lipinski definition) is 5. The highest BCUT2D eigenvalue weighted by Crippen LogP contribution is 2.77. The quantitative estimate of drug-likeness (QED) is 0.238. The second kappa shape index (κ2) is 11.7. The van der Waals surface area contributed by atoms with E-state index in [4.69, 9.17) is 4.74 Å². The van der Waals surface area contributed by atoms with E-state index in [1.165, 1.54) is 12.8 Å². The van der Waals surface area contributed by atoms with Gasteiger partial charge in [-0.1, -0.05) is 66.7 Å². The van der Waals surface area contributed by atoms with Crippen LogP contribution in [-0.4, -0.2) is 42.0 Å². The zero-order chi connectivity index (χ0) is 33.3. The van der Waals surface area contributed by atoms with Crippen molar-refractivity contribution in [2.75, 3.05) is 6.61 Å². The Balaban J connectivity index is 1.29. The average molecular weight is 634 g/mol. The first-order valence-electron chi connectivity index (χ1n) is 18.3. The van der Waals surface area contributed by atoms with Crippen molar-refractivity contribution in [1.29, 1.82) is 0 Å². The SMILES string of the molecule is CC(C)[C@@H]1CC[C@]2(C(=O)NC(C=O)CO)CC[C@]3(C)C(CCC4[C@@]5(C)CC[C@@H](OC(=O)c6ccccc6)C(C)(C)C5CC[C@]43C)C12. The van der Waals surface area contributed by atoms with Crippen molar-refractivity contribution in [2.45, 2.75) is 125 Å². The second-order valence-corrected chi connectivity index (χ2v) is 17.8. The van der Waals surface area contributed by atoms with Crippen LogP contribution in [0.1, 0.15) is 123 Å². The van der Waals surface area contributed by atoms with Gasteiger partial charge in [-0.25, -0.2) is 4.79 Å². The number of fused-ring (bicyclic) bond motifs is 7. The number of amides is 1. The molecule has 5 fully saturated rings. The standard InChI is InChI=1S/C40H59NO5/c1-25(2)28-15-20-40(35(45)41-27(23-42)24-43)22-21-38(6)29(33(28)40)13-14-31-37(5)18-17-32(46-34(44)26-11-9-8-10-12-26)36(3,4)30(37)16-19-39(31,38)7/h8-12,23,25,27-33,43H,13-22,24H2,1-7H3,(H,41,45)/t27?,28-,29?,30?,31?,32+,33?,37-,38+,39+,40-/m0/s1. The first kappa shape index (κ1) is 33.7. The van der Waals surface area contributed by atoms with E-state index in [0.29, 0.717) is 47.4 Å². The van der Waals surface area contributed by atoms with E-state index >= 15 is 0 Å². The van der Waals surface area contributed by atoms with Crippen molar-refractivity contribution in [3.05, 3.63) is 35.9 Å². The maximum absolute atomic E-state index is 14.1. The van der Waals surface area contributed by atoms with Crippen LogP contribution in [0.4, 0.5) is 0 Å². The maximum Gasteiger partial charge on any atom is 0.338 e. The summed E-state index contributed by atoms with van der Waals surface area (Å²) in [4.78, 5) is 38.9. The van der Waals surface area contributed by atoms with Crippen LogP contribution in [0, 0.1) is 62.6 Å². The molecule has 0 bridgehead atoms. The van der Waals surface area contributed by atoms with E-state index in [-0.39, 0.29) is 46.2 Å². The molecule has 0 aliphatic heterocycles. The van der Waals surface area contributed by atoms with Crippen molar-refractivity contribution in [3.63, 3.8) is 0 Å². The number of carbonyl (C=O) groups excluding carboxylic acids is 3. The maximum atomic E-state index is 14.1. The molecule has 0 aromatic heterocycles. The first-order valence-corrected chi connectivity index (χ1v) is 18.3. The van der Waals surface area contributed by atoms with Crippen LogP contribution in [0.3, 0.4) is 0 Å². The molecule has 5 aliphatic rings. The summed E-state index contributed by atoms with van der Waals surface area (Å²) in [6.45, 7) is 16.8. The number of esters is 1. The topological polar surface area (TPSA) is 92.7 Å². The van der Waals surface area contributed by atoms with E-state index in [0.717, 1.165) is 51.4 Å². The van der Waals surface area contributed by atoms with Crippen LogP contribution in [0.5, 0.6) is 0 Å². The van der Waals surface area contributed by atoms with Gasteiger partial charge in [-0.2, -0.15) is 0 Å². The lowest BCUT2D eigenvalue weighted by molar-refractivity contribution is -0.248. The summed E-state index contributed by atoms with van der Waals surface area (Å²) >= 11 is 0. The number of benzene rings is 1. The third kappa shape index (κ3) is 4.77. The monoisotopic (exact) mass is 633 g/mol. The van der Waals surface area contributed by atoms with Crippen molar-refractivity contribution in [3.8, 4) is 0 Å². The van der Waals surface area contributed by atoms with Crippen LogP contribution < -0.4 is 5.32 Å². The molecule has 0 saturated heterocycles. The third-order valence-electron chi connectivity index (χ3n) is 15.7. The summed E-state index contributed by atoms with van der Waals surface area (Å²) < 4.78 is 6.30. The van der Waals surface area contributed by atoms with E-state index in [1.54, 1.807) is 0 Å². The number of hydrogen-bond donors (Lipinski definition) is 2. The molecule has 1 aromatic rings. The summed E-state index contributed by atoms with van der Waals surface area (Å²) in [6, 6.07) is 8.58. The van der Waals surface area contributed by atoms with Gasteiger partial charge >= 0.3 is 5.97 Å². The highest BCUT2D eigenvalue weighted by Gasteiger charge is 2.72. The van der Waals surface area contributed by atoms with Crippen LogP contribution >= 0.6 is 0 Å². The Bertz CT molecular complexity index is 1330. The van der Waals surface area contributed by atoms with Crippen molar-refractivity contribution in [2.24, 2.45) is 62.6 Å². The molecule has 6 rings (SSSR count). The molecule has 11 atom stereocenters. The van der Waals surface area contributed by atoms with Crippen molar-refractivity contribution in [1.82, 2.24) is 5.32 Å². The van der Waals surface area contributed by atoms with E-state index in [9.17, 15) is 19.5 Å². The molecule has 254 valence electrons. The highest BCUT2D eigenvalue weighted by molar-refractivity contribution is 5.89. The molecule has 0 radical (unpaired) electrons. The lowest BCUT2D eigenvalue weighted by atomic mass is 9.32. The number of ether oxygens (including phenoxy) is 1. The van der Waals surface area contributed by atoms with Gasteiger partial charge in [-0.3, -0.25) is 4.79 Å². The van der Waals surface area contributed by atoms with Gasteiger partial charge in [0, 0.05) is 5.41 Å². The zero-order valence-corrected chi connectivity index (χ0v) is 29.4. The van der Waals surface area contributed by atoms with Gasteiger partial charge in [0.2, 0.25) is 5.91 Å². The number of aliphatic hydroxyl groups excluding tert-OH is 1. The number of nitrogens with one attached hydrogen (secondary N) is 1. The second-order valence-electron chi connectivity index (χ2n) is 17.8. The van der Waals surface area contributed by atoms with Gasteiger partial charge in [-0.05, 0) is 128 Å². The molecule has 5 aliphatic carbocycles. The summed E-state index contributed by atoms with van der Waals surface area (Å²) in [5.74, 6) is 2.59. The predicted octanol–water partition coefficient (Wildman–Crippen LogP) is 7.63. The fourth-order valence-corrected chi connectivity index (χ4v) is 13.2. The Morgan fingerprint density at radius 1 is 0.891 bits per heavy atom. The number of aldehydes is 1. The molecule has 0 spiro atoms. The fourth-order valence-electron chi connectivity index (χ4n) is 13.2. The Hall–Kier alpha value is -2.21. The molecule has 1 amide bonds. The molecular weight excluding hydrogens is 574 g/mol. The molecule has 2 N–H and O–H groups in total. The summed E-state index contributed by atoms with van der Waals surface area (Å²) in [7, 11) is 0. The number of rotatable bonds is 7. The Morgan fingerprint density at radius 2 is 1.61 bits per heavy atom. The van der Waals surface area contributed by atoms with Gasteiger partial charge in [-0.15, -0.1) is 0 Å². The third-order valence-corrected chi connectivity index (χ3v) is 15.7. The zero-order valence-electron chi connectivity index (χ0n) is 29.4. The molecule has 5 unspecified atom stereocenters. The molecule has 1 aromatic carbocycles. The number of aliphatic hydroxyl groups is 1. The lowest BCUT2D eigenvalue weighted by Crippen LogP contribution is -2.67. The largest absolute Gasteiger partial charge is 0.458 e. The normalized spacial score (nSPS) is 43.3. The van der Waals surface area contributed by atoms with Crippen LogP contribution in [0.15, 0.2) is 30.3 Å². The molecule has 46 heavy (non-hydrogen) atoms. The summed E-state index contributed by atoms with van der Waals surface area (Å²) in [5.41, 5.74) is 0.499. The van der Waals surface area contributed by atoms with Crippen LogP contribution in [0.25, 0.3) is 0 Å². The minimum atomic E-state index is -0.831. The van der Waals surface area contributed by atoms with Crippen LogP contribution in [0.2, 0.25) is 0 Å². The molecule has 0 heterocycles. The van der Waals surface area contributed by atoms with Gasteiger partial charge in [0.1, 0.15) is 18.4 Å². The van der Waals surface area contributed by atoms with E-state index < -0.39 is 11.5 Å². The van der Waals surface area contributed by atoms with E-state index in [2.05, 4.69) is 53.8 Å². The Morgan fingerprint density at radius 3 is 2.26 bits per heavy atom. The minimum absolute atomic E-state index is 0.00178. The van der Waals surface area contributed by atoms with Crippen molar-refractivity contribution < 1.29 is 24.2 Å². The molecular formula is C40H59NO5. The fraction of sp³-hybridized carbons (Fsp3) is 0.775. The van der Waals surface area contributed by atoms with Gasteiger partial charge in [0.05, 0.1) is 17.6 Å². The predicted molar refractivity (Wildman–Crippen MR) is 180 cm³/mol. The number of carbonyl (C=O) groups is 3. The summed E-state index contributed by atoms with van der Waals surface area (Å²) in [5, 5.41) is 12.7. The first-order chi connectivity index (χ1) is 21.7. The smallest absolute Gasteiger partial charge is 0.338 e. The van der Waals surface area contributed by atoms with Crippen LogP contribution in [-0.2, 0) is 14.3 Å². The molecule has 5 saturated carbocycles. The summed E-state index contributed by atoms with van der Waals surface area (Å²) in [6.07, 6.45) is 11.0. The molecule has 6 nitrogen and oxygen atoms in total. The highest BCUT2D eigenvalue weighted by atomic mass is 16.5. The van der Waals surface area contributed by atoms with Gasteiger partial charge in [0.15, 0.2) is 0 Å². The van der Waals surface area contributed by atoms with Gasteiger partial charge < -0.3 is 20.0 Å². The van der Waals surface area contributed by atoms with Crippen molar-refractivity contribution >= 4 is 18.2 Å².